The Morgan fingerprint density at radius 3 is 2.05 bits per heavy atom. The molecule has 0 N–H and O–H groups in total. The van der Waals surface area contributed by atoms with Gasteiger partial charge >= 0.3 is 0 Å². The summed E-state index contributed by atoms with van der Waals surface area (Å²) in [7, 11) is 0. The van der Waals surface area contributed by atoms with Gasteiger partial charge in [-0.2, -0.15) is 0 Å². The number of furan rings is 1. The molecular weight excluding hydrogens is 514 g/mol. The summed E-state index contributed by atoms with van der Waals surface area (Å²) in [6.45, 7) is 0. The largest absolute Gasteiger partial charge is 0.455 e. The van der Waals surface area contributed by atoms with Gasteiger partial charge in [0.05, 0.1) is 16.7 Å². The van der Waals surface area contributed by atoms with Crippen LogP contribution in [0, 0.1) is 0 Å². The first kappa shape index (κ1) is 23.0. The van der Waals surface area contributed by atoms with Gasteiger partial charge in [0.1, 0.15) is 11.2 Å². The third-order valence-corrected chi connectivity index (χ3v) is 8.26. The number of nitrogens with zero attached hydrogens (tertiary/aromatic N) is 3. The SMILES string of the molecule is c1ccc(-c2cc(-c3cccc4c3oc3ccc(-n5c6ccccc6c6ccccc65)cc34)nc3ncccc23)cc1. The van der Waals surface area contributed by atoms with Crippen LogP contribution in [0.15, 0.2) is 144 Å². The van der Waals surface area contributed by atoms with E-state index in [4.69, 9.17) is 9.40 Å². The van der Waals surface area contributed by atoms with E-state index >= 15 is 0 Å². The summed E-state index contributed by atoms with van der Waals surface area (Å²) in [5.41, 5.74) is 9.90. The van der Waals surface area contributed by atoms with E-state index in [1.807, 2.05) is 12.1 Å². The van der Waals surface area contributed by atoms with Gasteiger partial charge in [-0.3, -0.25) is 0 Å². The molecule has 0 amide bonds. The average Bonchev–Trinajstić information content (AvgIpc) is 3.60. The van der Waals surface area contributed by atoms with Crippen molar-refractivity contribution in [3.63, 3.8) is 0 Å². The van der Waals surface area contributed by atoms with Gasteiger partial charge in [0.2, 0.25) is 0 Å². The number of hydrogen-bond acceptors (Lipinski definition) is 3. The van der Waals surface area contributed by atoms with E-state index in [9.17, 15) is 0 Å². The highest BCUT2D eigenvalue weighted by molar-refractivity contribution is 6.12. The fourth-order valence-electron chi connectivity index (χ4n) is 6.38. The quantitative estimate of drug-likeness (QED) is 0.225. The molecule has 0 atom stereocenters. The van der Waals surface area contributed by atoms with Gasteiger partial charge in [-0.25, -0.2) is 9.97 Å². The van der Waals surface area contributed by atoms with E-state index in [1.165, 1.54) is 21.8 Å². The van der Waals surface area contributed by atoms with Crippen molar-refractivity contribution in [1.29, 1.82) is 0 Å². The Hall–Kier alpha value is -5.74. The van der Waals surface area contributed by atoms with Crippen LogP contribution >= 0.6 is 0 Å². The van der Waals surface area contributed by atoms with Gasteiger partial charge in [0.25, 0.3) is 0 Å². The molecule has 0 unspecified atom stereocenters. The highest BCUT2D eigenvalue weighted by Crippen LogP contribution is 2.39. The Labute approximate surface area is 241 Å². The van der Waals surface area contributed by atoms with Crippen molar-refractivity contribution in [1.82, 2.24) is 14.5 Å². The molecule has 42 heavy (non-hydrogen) atoms. The average molecular weight is 538 g/mol. The lowest BCUT2D eigenvalue weighted by Gasteiger charge is -2.10. The Bertz CT molecular complexity index is 2420. The van der Waals surface area contributed by atoms with Crippen LogP contribution in [0.1, 0.15) is 0 Å². The zero-order valence-electron chi connectivity index (χ0n) is 22.5. The lowest BCUT2D eigenvalue weighted by Crippen LogP contribution is -1.93. The molecule has 0 bridgehead atoms. The van der Waals surface area contributed by atoms with Crippen molar-refractivity contribution in [2.75, 3.05) is 0 Å². The molecule has 5 aromatic carbocycles. The van der Waals surface area contributed by atoms with Crippen LogP contribution in [0.25, 0.3) is 82.8 Å². The van der Waals surface area contributed by atoms with Crippen molar-refractivity contribution in [3.8, 4) is 28.1 Å². The van der Waals surface area contributed by atoms with Gasteiger partial charge in [0, 0.05) is 44.4 Å². The Morgan fingerprint density at radius 1 is 0.524 bits per heavy atom. The molecule has 0 fully saturated rings. The minimum atomic E-state index is 0.718. The zero-order valence-corrected chi connectivity index (χ0v) is 22.5. The lowest BCUT2D eigenvalue weighted by atomic mass is 9.99. The minimum absolute atomic E-state index is 0.718. The van der Waals surface area contributed by atoms with E-state index < -0.39 is 0 Å². The van der Waals surface area contributed by atoms with Crippen LogP contribution < -0.4 is 0 Å². The predicted molar refractivity (Wildman–Crippen MR) is 172 cm³/mol. The number of hydrogen-bond donors (Lipinski definition) is 0. The summed E-state index contributed by atoms with van der Waals surface area (Å²) in [6.07, 6.45) is 1.80. The van der Waals surface area contributed by atoms with Crippen LogP contribution in [0.4, 0.5) is 0 Å². The topological polar surface area (TPSA) is 43.9 Å². The summed E-state index contributed by atoms with van der Waals surface area (Å²) < 4.78 is 8.92. The second-order valence-corrected chi connectivity index (χ2v) is 10.6. The van der Waals surface area contributed by atoms with E-state index in [0.717, 1.165) is 61.0 Å². The summed E-state index contributed by atoms with van der Waals surface area (Å²) in [5.74, 6) is 0. The second kappa shape index (κ2) is 8.88. The van der Waals surface area contributed by atoms with Gasteiger partial charge in [-0.15, -0.1) is 0 Å². The Morgan fingerprint density at radius 2 is 1.24 bits per heavy atom. The predicted octanol–water partition coefficient (Wildman–Crippen LogP) is 9.96. The van der Waals surface area contributed by atoms with Crippen molar-refractivity contribution in [2.45, 2.75) is 0 Å². The molecule has 0 saturated carbocycles. The molecule has 0 radical (unpaired) electrons. The van der Waals surface area contributed by atoms with Gasteiger partial charge in [-0.05, 0) is 65.7 Å². The molecule has 0 aliphatic rings. The fraction of sp³-hybridized carbons (Fsp3) is 0. The van der Waals surface area contributed by atoms with Crippen molar-refractivity contribution >= 4 is 54.8 Å². The summed E-state index contributed by atoms with van der Waals surface area (Å²) in [5, 5.41) is 5.67. The molecule has 4 heterocycles. The fourth-order valence-corrected chi connectivity index (χ4v) is 6.38. The first-order valence-corrected chi connectivity index (χ1v) is 14.1. The molecule has 4 heteroatoms. The molecule has 0 saturated heterocycles. The smallest absolute Gasteiger partial charge is 0.160 e. The molecule has 196 valence electrons. The summed E-state index contributed by atoms with van der Waals surface area (Å²) in [6, 6.07) is 46.6. The molecule has 0 aliphatic heterocycles. The molecule has 9 aromatic rings. The highest BCUT2D eigenvalue weighted by atomic mass is 16.3. The summed E-state index contributed by atoms with van der Waals surface area (Å²) in [4.78, 5) is 9.62. The van der Waals surface area contributed by atoms with Crippen LogP contribution in [-0.2, 0) is 0 Å². The lowest BCUT2D eigenvalue weighted by molar-refractivity contribution is 0.670. The maximum Gasteiger partial charge on any atom is 0.160 e. The number of rotatable bonds is 3. The van der Waals surface area contributed by atoms with Crippen molar-refractivity contribution in [2.24, 2.45) is 0 Å². The van der Waals surface area contributed by atoms with E-state index in [1.54, 1.807) is 6.20 Å². The molecular formula is C38H23N3O. The normalized spacial score (nSPS) is 11.8. The number of para-hydroxylation sites is 3. The Kier molecular flexibility index (Phi) is 4.87. The van der Waals surface area contributed by atoms with Crippen molar-refractivity contribution in [3.05, 3.63) is 140 Å². The second-order valence-electron chi connectivity index (χ2n) is 10.6. The highest BCUT2D eigenvalue weighted by Gasteiger charge is 2.18. The van der Waals surface area contributed by atoms with Crippen LogP contribution in [-0.4, -0.2) is 14.5 Å². The number of benzene rings is 5. The standard InChI is InChI=1S/C38H23N3O/c1-2-10-24(11-3-1)31-23-33(40-38-29(31)16-9-21-39-38)30-15-8-14-28-32-22-25(19-20-36(32)42-37(28)30)41-34-17-6-4-12-26(34)27-13-5-7-18-35(27)41/h1-23H. The molecule has 0 spiro atoms. The Balaban J connectivity index is 1.28. The van der Waals surface area contributed by atoms with Crippen LogP contribution in [0.5, 0.6) is 0 Å². The molecule has 4 nitrogen and oxygen atoms in total. The van der Waals surface area contributed by atoms with Gasteiger partial charge in [-0.1, -0.05) is 78.9 Å². The third kappa shape index (κ3) is 3.36. The monoisotopic (exact) mass is 537 g/mol. The van der Waals surface area contributed by atoms with E-state index in [0.29, 0.717) is 0 Å². The van der Waals surface area contributed by atoms with Crippen LogP contribution in [0.3, 0.4) is 0 Å². The zero-order chi connectivity index (χ0) is 27.6. The van der Waals surface area contributed by atoms with Gasteiger partial charge < -0.3 is 8.98 Å². The van der Waals surface area contributed by atoms with E-state index in [-0.39, 0.29) is 0 Å². The number of pyridine rings is 2. The number of aromatic nitrogens is 3. The first-order chi connectivity index (χ1) is 20.8. The molecule has 4 aromatic heterocycles. The number of fused-ring (bicyclic) bond motifs is 7. The van der Waals surface area contributed by atoms with Crippen molar-refractivity contribution < 1.29 is 4.42 Å². The summed E-state index contributed by atoms with van der Waals surface area (Å²) >= 11 is 0. The van der Waals surface area contributed by atoms with E-state index in [2.05, 4.69) is 131 Å². The maximum absolute atomic E-state index is 6.57. The third-order valence-electron chi connectivity index (χ3n) is 8.26. The first-order valence-electron chi connectivity index (χ1n) is 14.1. The molecule has 9 rings (SSSR count). The maximum atomic E-state index is 6.57. The van der Waals surface area contributed by atoms with Crippen LogP contribution in [0.2, 0.25) is 0 Å². The molecule has 0 aliphatic carbocycles. The van der Waals surface area contributed by atoms with Gasteiger partial charge in [0.15, 0.2) is 5.65 Å². The minimum Gasteiger partial charge on any atom is -0.455 e.